The maximum absolute atomic E-state index is 11.8. The number of hydrogen-bond donors (Lipinski definition) is 1. The summed E-state index contributed by atoms with van der Waals surface area (Å²) in [6.07, 6.45) is 1.65. The first kappa shape index (κ1) is 15.3. The largest absolute Gasteiger partial charge is 0.441 e. The predicted molar refractivity (Wildman–Crippen MR) is 69.9 cm³/mol. The molecule has 1 aromatic rings. The molecule has 0 unspecified atom stereocenters. The van der Waals surface area contributed by atoms with E-state index in [-0.39, 0.29) is 24.1 Å². The molecule has 8 heteroatoms. The molecule has 0 saturated heterocycles. The number of thioether (sulfide) groups is 1. The Kier molecular flexibility index (Phi) is 6.25. The van der Waals surface area contributed by atoms with Crippen LogP contribution in [0.2, 0.25) is 0 Å². The Morgan fingerprint density at radius 3 is 2.65 bits per heavy atom. The van der Waals surface area contributed by atoms with Crippen LogP contribution in [0.5, 0.6) is 0 Å². The summed E-state index contributed by atoms with van der Waals surface area (Å²) < 4.78 is 37.1. The standard InChI is InChI=1S/C9H9Br2F3N2S/c10-6-3-7(11)8(16-4-6)5-15-1-2-17-9(12,13)14/h3-4,15H,1-2,5H2. The average molecular weight is 394 g/mol. The molecule has 0 radical (unpaired) electrons. The van der Waals surface area contributed by atoms with Crippen molar-refractivity contribution in [2.75, 3.05) is 12.3 Å². The first-order valence-electron chi connectivity index (χ1n) is 4.60. The Labute approximate surface area is 118 Å². The molecule has 1 rings (SSSR count). The summed E-state index contributed by atoms with van der Waals surface area (Å²) in [4.78, 5) is 4.14. The Balaban J connectivity index is 2.27. The molecule has 0 aromatic carbocycles. The van der Waals surface area contributed by atoms with E-state index in [1.165, 1.54) is 0 Å². The van der Waals surface area contributed by atoms with E-state index in [1.807, 2.05) is 6.07 Å². The normalized spacial score (nSPS) is 11.8. The van der Waals surface area contributed by atoms with Gasteiger partial charge in [-0.05, 0) is 49.7 Å². The third kappa shape index (κ3) is 6.64. The van der Waals surface area contributed by atoms with Gasteiger partial charge in [0.1, 0.15) is 0 Å². The fourth-order valence-electron chi connectivity index (χ4n) is 1.02. The lowest BCUT2D eigenvalue weighted by Crippen LogP contribution is -2.19. The van der Waals surface area contributed by atoms with E-state index in [0.29, 0.717) is 6.54 Å². The van der Waals surface area contributed by atoms with Crippen LogP contribution >= 0.6 is 43.6 Å². The number of pyridine rings is 1. The molecular weight excluding hydrogens is 385 g/mol. The van der Waals surface area contributed by atoms with Crippen molar-refractivity contribution in [2.45, 2.75) is 12.1 Å². The van der Waals surface area contributed by atoms with Crippen molar-refractivity contribution in [2.24, 2.45) is 0 Å². The minimum absolute atomic E-state index is 0.00233. The molecule has 1 aromatic heterocycles. The van der Waals surface area contributed by atoms with Crippen LogP contribution in [0.1, 0.15) is 5.69 Å². The van der Waals surface area contributed by atoms with Crippen molar-refractivity contribution in [3.05, 3.63) is 26.9 Å². The second kappa shape index (κ2) is 6.96. The third-order valence-corrected chi connectivity index (χ3v) is 3.58. The molecule has 0 spiro atoms. The van der Waals surface area contributed by atoms with E-state index in [0.717, 1.165) is 14.6 Å². The number of hydrogen-bond acceptors (Lipinski definition) is 3. The molecule has 0 aliphatic heterocycles. The molecule has 0 atom stereocenters. The predicted octanol–water partition coefficient (Wildman–Crippen LogP) is 3.95. The van der Waals surface area contributed by atoms with Gasteiger partial charge < -0.3 is 5.32 Å². The number of alkyl halides is 3. The second-order valence-electron chi connectivity index (χ2n) is 3.05. The number of halogens is 5. The van der Waals surface area contributed by atoms with Crippen molar-refractivity contribution in [3.63, 3.8) is 0 Å². The van der Waals surface area contributed by atoms with Crippen molar-refractivity contribution in [1.82, 2.24) is 10.3 Å². The Bertz CT molecular complexity index is 374. The van der Waals surface area contributed by atoms with Crippen LogP contribution in [-0.4, -0.2) is 22.8 Å². The molecule has 17 heavy (non-hydrogen) atoms. The quantitative estimate of drug-likeness (QED) is 0.766. The monoisotopic (exact) mass is 392 g/mol. The van der Waals surface area contributed by atoms with E-state index in [1.54, 1.807) is 6.20 Å². The lowest BCUT2D eigenvalue weighted by molar-refractivity contribution is -0.0327. The van der Waals surface area contributed by atoms with Crippen LogP contribution in [-0.2, 0) is 6.54 Å². The minimum atomic E-state index is -4.15. The van der Waals surface area contributed by atoms with Gasteiger partial charge in [0.2, 0.25) is 0 Å². The smallest absolute Gasteiger partial charge is 0.310 e. The van der Waals surface area contributed by atoms with Crippen LogP contribution < -0.4 is 5.32 Å². The number of rotatable bonds is 5. The van der Waals surface area contributed by atoms with Crippen molar-refractivity contribution in [3.8, 4) is 0 Å². The summed E-state index contributed by atoms with van der Waals surface area (Å²) in [5.74, 6) is -0.00233. The number of aromatic nitrogens is 1. The fourth-order valence-corrected chi connectivity index (χ4v) is 2.62. The van der Waals surface area contributed by atoms with Gasteiger partial charge in [-0.3, -0.25) is 4.98 Å². The Hall–Kier alpha value is 0.210. The highest BCUT2D eigenvalue weighted by atomic mass is 79.9. The molecule has 0 bridgehead atoms. The zero-order valence-electron chi connectivity index (χ0n) is 8.52. The summed E-state index contributed by atoms with van der Waals surface area (Å²) >= 11 is 6.57. The van der Waals surface area contributed by atoms with E-state index in [2.05, 4.69) is 42.2 Å². The maximum atomic E-state index is 11.8. The number of nitrogens with one attached hydrogen (secondary N) is 1. The first-order valence-corrected chi connectivity index (χ1v) is 7.17. The van der Waals surface area contributed by atoms with Crippen molar-refractivity contribution < 1.29 is 13.2 Å². The van der Waals surface area contributed by atoms with E-state index < -0.39 is 5.51 Å². The van der Waals surface area contributed by atoms with Crippen LogP contribution in [0.25, 0.3) is 0 Å². The molecular formula is C9H9Br2F3N2S. The molecule has 96 valence electrons. The van der Waals surface area contributed by atoms with Crippen LogP contribution in [0.3, 0.4) is 0 Å². The van der Waals surface area contributed by atoms with Gasteiger partial charge in [-0.15, -0.1) is 0 Å². The van der Waals surface area contributed by atoms with Gasteiger partial charge in [0.05, 0.1) is 5.69 Å². The molecule has 1 N–H and O–H groups in total. The topological polar surface area (TPSA) is 24.9 Å². The zero-order chi connectivity index (χ0) is 12.9. The lowest BCUT2D eigenvalue weighted by Gasteiger charge is -2.07. The van der Waals surface area contributed by atoms with Gasteiger partial charge >= 0.3 is 5.51 Å². The van der Waals surface area contributed by atoms with E-state index >= 15 is 0 Å². The molecule has 0 fully saturated rings. The highest BCUT2D eigenvalue weighted by Crippen LogP contribution is 2.29. The van der Waals surface area contributed by atoms with Crippen molar-refractivity contribution >= 4 is 43.6 Å². The first-order chi connectivity index (χ1) is 7.88. The summed E-state index contributed by atoms with van der Waals surface area (Å²) in [6, 6.07) is 1.84. The number of nitrogens with zero attached hydrogens (tertiary/aromatic N) is 1. The van der Waals surface area contributed by atoms with Gasteiger partial charge in [-0.2, -0.15) is 13.2 Å². The Morgan fingerprint density at radius 1 is 1.35 bits per heavy atom. The average Bonchev–Trinajstić information content (AvgIpc) is 2.18. The van der Waals surface area contributed by atoms with Crippen molar-refractivity contribution in [1.29, 1.82) is 0 Å². The van der Waals surface area contributed by atoms with Gasteiger partial charge in [-0.25, -0.2) is 0 Å². The van der Waals surface area contributed by atoms with Crippen LogP contribution in [0.15, 0.2) is 21.2 Å². The second-order valence-corrected chi connectivity index (χ2v) is 5.98. The van der Waals surface area contributed by atoms with Gasteiger partial charge in [0, 0.05) is 34.0 Å². The molecule has 0 aliphatic carbocycles. The molecule has 2 nitrogen and oxygen atoms in total. The summed E-state index contributed by atoms with van der Waals surface area (Å²) in [6.45, 7) is 0.723. The SMILES string of the molecule is FC(F)(F)SCCNCc1ncc(Br)cc1Br. The van der Waals surface area contributed by atoms with Gasteiger partial charge in [0.25, 0.3) is 0 Å². The highest BCUT2D eigenvalue weighted by molar-refractivity contribution is 9.11. The van der Waals surface area contributed by atoms with E-state index in [9.17, 15) is 13.2 Å². The highest BCUT2D eigenvalue weighted by Gasteiger charge is 2.27. The summed E-state index contributed by atoms with van der Waals surface area (Å²) in [5.41, 5.74) is -3.39. The maximum Gasteiger partial charge on any atom is 0.441 e. The van der Waals surface area contributed by atoms with Crippen LogP contribution in [0, 0.1) is 0 Å². The minimum Gasteiger partial charge on any atom is -0.310 e. The Morgan fingerprint density at radius 2 is 2.06 bits per heavy atom. The van der Waals surface area contributed by atoms with Gasteiger partial charge in [-0.1, -0.05) is 0 Å². The van der Waals surface area contributed by atoms with Gasteiger partial charge in [0.15, 0.2) is 0 Å². The molecule has 1 heterocycles. The summed E-state index contributed by atoms with van der Waals surface area (Å²) in [7, 11) is 0. The molecule has 0 amide bonds. The van der Waals surface area contributed by atoms with Crippen LogP contribution in [0.4, 0.5) is 13.2 Å². The third-order valence-electron chi connectivity index (χ3n) is 1.72. The fraction of sp³-hybridized carbons (Fsp3) is 0.444. The lowest BCUT2D eigenvalue weighted by atomic mass is 10.3. The zero-order valence-corrected chi connectivity index (χ0v) is 12.5. The summed E-state index contributed by atoms with van der Waals surface area (Å²) in [5, 5.41) is 2.91. The molecule has 0 saturated carbocycles. The van der Waals surface area contributed by atoms with E-state index in [4.69, 9.17) is 0 Å². The molecule has 0 aliphatic rings.